The zero-order valence-corrected chi connectivity index (χ0v) is 8.31. The normalized spacial score (nSPS) is 38.5. The second-order valence-electron chi connectivity index (χ2n) is 4.54. The first-order valence-electron chi connectivity index (χ1n) is 5.37. The van der Waals surface area contributed by atoms with E-state index in [1.165, 1.54) is 5.57 Å². The maximum absolute atomic E-state index is 12.5. The minimum atomic E-state index is -2.21. The van der Waals surface area contributed by atoms with Crippen molar-refractivity contribution < 1.29 is 8.78 Å². The number of hydrogen-bond acceptors (Lipinski definition) is 1. The summed E-state index contributed by atoms with van der Waals surface area (Å²) in [5, 5.41) is 3.08. The number of nitrogens with one attached hydrogen (secondary N) is 1. The fourth-order valence-corrected chi connectivity index (χ4v) is 2.68. The molecule has 2 fully saturated rings. The molecule has 1 aliphatic carbocycles. The number of hydrogen-bond donors (Lipinski definition) is 1. The number of alkyl halides is 2. The average Bonchev–Trinajstić information content (AvgIpc) is 2.16. The fourth-order valence-electron chi connectivity index (χ4n) is 2.68. The topological polar surface area (TPSA) is 12.0 Å². The van der Waals surface area contributed by atoms with Gasteiger partial charge in [0.25, 0.3) is 6.43 Å². The van der Waals surface area contributed by atoms with Gasteiger partial charge in [0.15, 0.2) is 0 Å². The van der Waals surface area contributed by atoms with Crippen LogP contribution in [-0.4, -0.2) is 18.5 Å². The van der Waals surface area contributed by atoms with Gasteiger partial charge in [-0.15, -0.1) is 0 Å². The van der Waals surface area contributed by atoms with Crippen molar-refractivity contribution in [3.05, 3.63) is 12.2 Å². The van der Waals surface area contributed by atoms with Crippen LogP contribution in [0.3, 0.4) is 0 Å². The molecule has 1 saturated heterocycles. The van der Waals surface area contributed by atoms with Crippen molar-refractivity contribution >= 4 is 0 Å². The molecule has 2 aliphatic rings. The Kier molecular flexibility index (Phi) is 2.86. The molecule has 0 radical (unpaired) electrons. The Morgan fingerprint density at radius 1 is 1.29 bits per heavy atom. The summed E-state index contributed by atoms with van der Waals surface area (Å²) in [4.78, 5) is 0. The van der Waals surface area contributed by atoms with Crippen LogP contribution in [0.5, 0.6) is 0 Å². The highest BCUT2D eigenvalue weighted by molar-refractivity contribution is 5.05. The van der Waals surface area contributed by atoms with Gasteiger partial charge in [-0.3, -0.25) is 0 Å². The summed E-state index contributed by atoms with van der Waals surface area (Å²) < 4.78 is 25.0. The molecule has 0 aromatic rings. The quantitative estimate of drug-likeness (QED) is 0.643. The minimum absolute atomic E-state index is 0.313. The van der Waals surface area contributed by atoms with E-state index in [0.29, 0.717) is 18.4 Å². The molecule has 1 nitrogen and oxygen atoms in total. The van der Waals surface area contributed by atoms with Crippen molar-refractivity contribution in [2.24, 2.45) is 5.92 Å². The average molecular weight is 201 g/mol. The first kappa shape index (κ1) is 10.1. The Hall–Kier alpha value is -0.440. The van der Waals surface area contributed by atoms with E-state index >= 15 is 0 Å². The number of fused-ring (bicyclic) bond motifs is 1. The molecule has 2 rings (SSSR count). The third-order valence-corrected chi connectivity index (χ3v) is 3.51. The first-order valence-corrected chi connectivity index (χ1v) is 5.37. The van der Waals surface area contributed by atoms with Crippen molar-refractivity contribution in [2.75, 3.05) is 0 Å². The lowest BCUT2D eigenvalue weighted by atomic mass is 9.76. The summed E-state index contributed by atoms with van der Waals surface area (Å²) in [6, 6.07) is -0.254. The fraction of sp³-hybridized carbons (Fsp3) is 0.818. The van der Waals surface area contributed by atoms with Gasteiger partial charge in [-0.05, 0) is 38.0 Å². The predicted octanol–water partition coefficient (Wildman–Crippen LogP) is 2.73. The van der Waals surface area contributed by atoms with E-state index in [9.17, 15) is 8.78 Å². The van der Waals surface area contributed by atoms with Crippen molar-refractivity contribution in [2.45, 2.75) is 50.6 Å². The lowest BCUT2D eigenvalue weighted by molar-refractivity contribution is 0.0549. The van der Waals surface area contributed by atoms with Gasteiger partial charge in [0.2, 0.25) is 0 Å². The molecule has 0 aromatic carbocycles. The zero-order chi connectivity index (χ0) is 10.1. The molecule has 0 amide bonds. The minimum Gasteiger partial charge on any atom is -0.306 e. The highest BCUT2D eigenvalue weighted by Gasteiger charge is 2.35. The summed E-state index contributed by atoms with van der Waals surface area (Å²) in [6.07, 6.45) is 2.38. The molecular formula is C11H17F2N. The van der Waals surface area contributed by atoms with E-state index in [2.05, 4.69) is 11.9 Å². The third kappa shape index (κ3) is 1.97. The second-order valence-corrected chi connectivity index (χ2v) is 4.54. The molecule has 3 heteroatoms. The molecule has 1 saturated carbocycles. The van der Waals surface area contributed by atoms with Crippen molar-refractivity contribution in [3.63, 3.8) is 0 Å². The smallest absolute Gasteiger partial charge is 0.253 e. The Balaban J connectivity index is 1.94. The molecule has 0 bridgehead atoms. The highest BCUT2D eigenvalue weighted by atomic mass is 19.3. The van der Waals surface area contributed by atoms with E-state index in [4.69, 9.17) is 0 Å². The van der Waals surface area contributed by atoms with Crippen LogP contribution < -0.4 is 5.32 Å². The summed E-state index contributed by atoms with van der Waals surface area (Å²) >= 11 is 0. The predicted molar refractivity (Wildman–Crippen MR) is 52.4 cm³/mol. The van der Waals surface area contributed by atoms with Crippen molar-refractivity contribution in [3.8, 4) is 0 Å². The summed E-state index contributed by atoms with van der Waals surface area (Å²) in [5.74, 6) is 0.561. The van der Waals surface area contributed by atoms with Crippen LogP contribution in [0.15, 0.2) is 12.2 Å². The molecule has 0 spiro atoms. The van der Waals surface area contributed by atoms with E-state index in [1.54, 1.807) is 0 Å². The van der Waals surface area contributed by atoms with Crippen LogP contribution in [0.1, 0.15) is 32.1 Å². The van der Waals surface area contributed by atoms with Gasteiger partial charge in [0, 0.05) is 6.04 Å². The summed E-state index contributed by atoms with van der Waals surface area (Å²) in [5.41, 5.74) is 1.29. The number of halogens is 2. The van der Waals surface area contributed by atoms with Gasteiger partial charge < -0.3 is 5.32 Å². The molecule has 3 unspecified atom stereocenters. The summed E-state index contributed by atoms with van der Waals surface area (Å²) in [6.45, 7) is 3.98. The molecule has 14 heavy (non-hydrogen) atoms. The third-order valence-electron chi connectivity index (χ3n) is 3.51. The Bertz CT molecular complexity index is 227. The molecule has 1 heterocycles. The monoisotopic (exact) mass is 201 g/mol. The number of piperidine rings is 1. The van der Waals surface area contributed by atoms with Gasteiger partial charge in [-0.25, -0.2) is 8.78 Å². The maximum atomic E-state index is 12.5. The Morgan fingerprint density at radius 2 is 2.07 bits per heavy atom. The molecule has 3 atom stereocenters. The SMILES string of the molecule is C=C1CCC2NC(C(F)F)CCC2C1. The molecular weight excluding hydrogens is 184 g/mol. The van der Waals surface area contributed by atoms with E-state index in [0.717, 1.165) is 25.7 Å². The van der Waals surface area contributed by atoms with Gasteiger partial charge in [0.05, 0.1) is 6.04 Å². The van der Waals surface area contributed by atoms with Crippen LogP contribution >= 0.6 is 0 Å². The molecule has 1 aliphatic heterocycles. The van der Waals surface area contributed by atoms with E-state index < -0.39 is 12.5 Å². The van der Waals surface area contributed by atoms with Crippen LogP contribution in [0.2, 0.25) is 0 Å². The number of rotatable bonds is 1. The maximum Gasteiger partial charge on any atom is 0.253 e. The van der Waals surface area contributed by atoms with E-state index in [1.807, 2.05) is 0 Å². The molecule has 80 valence electrons. The van der Waals surface area contributed by atoms with Crippen LogP contribution in [0.25, 0.3) is 0 Å². The number of allylic oxidation sites excluding steroid dienone is 1. The van der Waals surface area contributed by atoms with Crippen molar-refractivity contribution in [1.82, 2.24) is 5.32 Å². The largest absolute Gasteiger partial charge is 0.306 e. The van der Waals surface area contributed by atoms with Crippen LogP contribution in [-0.2, 0) is 0 Å². The Morgan fingerprint density at radius 3 is 2.79 bits per heavy atom. The van der Waals surface area contributed by atoms with Crippen LogP contribution in [0, 0.1) is 5.92 Å². The standard InChI is InChI=1S/C11H17F2N/c1-7-2-4-9-8(6-7)3-5-10(14-9)11(12)13/h8-11,14H,1-6H2. The second kappa shape index (κ2) is 3.97. The first-order chi connectivity index (χ1) is 6.66. The van der Waals surface area contributed by atoms with Crippen LogP contribution in [0.4, 0.5) is 8.78 Å². The highest BCUT2D eigenvalue weighted by Crippen LogP contribution is 2.35. The van der Waals surface area contributed by atoms with Gasteiger partial charge in [-0.1, -0.05) is 12.2 Å². The molecule has 0 aromatic heterocycles. The lowest BCUT2D eigenvalue weighted by Crippen LogP contribution is -2.51. The lowest BCUT2D eigenvalue weighted by Gasteiger charge is -2.40. The Labute approximate surface area is 83.6 Å². The van der Waals surface area contributed by atoms with E-state index in [-0.39, 0.29) is 0 Å². The molecule has 1 N–H and O–H groups in total. The van der Waals surface area contributed by atoms with Gasteiger partial charge in [-0.2, -0.15) is 0 Å². The van der Waals surface area contributed by atoms with Gasteiger partial charge in [0.1, 0.15) is 0 Å². The summed E-state index contributed by atoms with van der Waals surface area (Å²) in [7, 11) is 0. The van der Waals surface area contributed by atoms with Gasteiger partial charge >= 0.3 is 0 Å². The van der Waals surface area contributed by atoms with Crippen molar-refractivity contribution in [1.29, 1.82) is 0 Å². The zero-order valence-electron chi connectivity index (χ0n) is 8.31.